The Labute approximate surface area is 371 Å². The van der Waals surface area contributed by atoms with Crippen LogP contribution < -0.4 is 0 Å². The predicted octanol–water partition coefficient (Wildman–Crippen LogP) is 16.9. The minimum absolute atomic E-state index is 0.898. The van der Waals surface area contributed by atoms with Gasteiger partial charge in [0, 0.05) is 49.3 Å². The van der Waals surface area contributed by atoms with Gasteiger partial charge < -0.3 is 13.6 Å². The summed E-state index contributed by atoms with van der Waals surface area (Å²) in [5.74, 6) is 0. The van der Waals surface area contributed by atoms with Gasteiger partial charge in [0.25, 0.3) is 0 Å². The van der Waals surface area contributed by atoms with Crippen LogP contribution in [-0.2, 0) is 0 Å². The highest BCUT2D eigenvalue weighted by atomic mass is 16.3. The molecule has 3 aromatic heterocycles. The zero-order chi connectivity index (χ0) is 42.7. The Morgan fingerprint density at radius 2 is 1.00 bits per heavy atom. The molecule has 0 aliphatic carbocycles. The summed E-state index contributed by atoms with van der Waals surface area (Å²) in [5.41, 5.74) is 17.9. The minimum Gasteiger partial charge on any atom is -0.455 e. The number of furan rings is 1. The molecule has 3 heterocycles. The van der Waals surface area contributed by atoms with Gasteiger partial charge >= 0.3 is 0 Å². The Balaban J connectivity index is 1.10. The molecule has 12 rings (SSSR count). The van der Waals surface area contributed by atoms with E-state index in [-0.39, 0.29) is 0 Å². The fourth-order valence-corrected chi connectivity index (χ4v) is 9.77. The van der Waals surface area contributed by atoms with Crippen LogP contribution in [0.4, 0.5) is 0 Å². The van der Waals surface area contributed by atoms with Crippen LogP contribution in [0.5, 0.6) is 0 Å². The summed E-state index contributed by atoms with van der Waals surface area (Å²) in [4.78, 5) is 0. The molecule has 302 valence electrons. The molecular formula is C61H42N2O. The van der Waals surface area contributed by atoms with E-state index >= 15 is 0 Å². The molecule has 0 aliphatic rings. The number of hydrogen-bond donors (Lipinski definition) is 0. The maximum atomic E-state index is 6.59. The van der Waals surface area contributed by atoms with Crippen molar-refractivity contribution in [2.24, 2.45) is 0 Å². The fraction of sp³-hybridized carbons (Fsp3) is 0.0164. The Kier molecular flexibility index (Phi) is 8.87. The Hall–Kier alpha value is -8.40. The Bertz CT molecular complexity index is 3860. The van der Waals surface area contributed by atoms with E-state index in [0.717, 1.165) is 66.6 Å². The number of rotatable bonds is 8. The lowest BCUT2D eigenvalue weighted by atomic mass is 9.98. The lowest BCUT2D eigenvalue weighted by Gasteiger charge is -2.14. The zero-order valence-electron chi connectivity index (χ0n) is 35.4. The average molecular weight is 819 g/mol. The van der Waals surface area contributed by atoms with Crippen molar-refractivity contribution in [3.05, 3.63) is 237 Å². The van der Waals surface area contributed by atoms with E-state index in [4.69, 9.17) is 4.42 Å². The van der Waals surface area contributed by atoms with Crippen LogP contribution in [0.1, 0.15) is 12.5 Å². The molecule has 0 unspecified atom stereocenters. The molecule has 12 aromatic rings. The maximum Gasteiger partial charge on any atom is 0.143 e. The normalized spacial score (nSPS) is 12.2. The summed E-state index contributed by atoms with van der Waals surface area (Å²) in [7, 11) is 0. The van der Waals surface area contributed by atoms with E-state index in [0.29, 0.717) is 0 Å². The van der Waals surface area contributed by atoms with Crippen LogP contribution in [0.2, 0.25) is 0 Å². The topological polar surface area (TPSA) is 23.0 Å². The number of allylic oxidation sites excluding steroid dienone is 5. The molecule has 3 heteroatoms. The number of benzene rings is 9. The van der Waals surface area contributed by atoms with Gasteiger partial charge in [-0.05, 0) is 125 Å². The summed E-state index contributed by atoms with van der Waals surface area (Å²) in [6, 6.07) is 72.7. The molecular weight excluding hydrogens is 777 g/mol. The minimum atomic E-state index is 0.898. The van der Waals surface area contributed by atoms with Gasteiger partial charge in [-0.2, -0.15) is 0 Å². The van der Waals surface area contributed by atoms with Crippen LogP contribution in [0.15, 0.2) is 235 Å². The molecule has 3 nitrogen and oxygen atoms in total. The number of hydrogen-bond acceptors (Lipinski definition) is 1. The highest BCUT2D eigenvalue weighted by Gasteiger charge is 2.19. The van der Waals surface area contributed by atoms with E-state index in [1.54, 1.807) is 0 Å². The SMILES string of the molecule is C=C/C=C\C=C(/C)c1cc(-c2ccccc2)cc(-n2c3ccc(-c4ccc5c(c4)c4ccccc4n5-c4ccccc4)cc3c3cc(-c4cccc5c4oc4ccccc45)ccc32)c1. The van der Waals surface area contributed by atoms with Gasteiger partial charge in [0.15, 0.2) is 0 Å². The molecule has 0 aliphatic heterocycles. The molecule has 0 radical (unpaired) electrons. The predicted molar refractivity (Wildman–Crippen MR) is 272 cm³/mol. The number of fused-ring (bicyclic) bond motifs is 9. The molecule has 0 fully saturated rings. The van der Waals surface area contributed by atoms with E-state index in [2.05, 4.69) is 229 Å². The van der Waals surface area contributed by atoms with Crippen molar-refractivity contribution in [2.75, 3.05) is 0 Å². The summed E-state index contributed by atoms with van der Waals surface area (Å²) in [5, 5.41) is 7.09. The molecule has 0 atom stereocenters. The third kappa shape index (κ3) is 6.13. The molecule has 0 saturated heterocycles. The van der Waals surface area contributed by atoms with Crippen molar-refractivity contribution in [3.63, 3.8) is 0 Å². The first kappa shape index (κ1) is 37.4. The van der Waals surface area contributed by atoms with Gasteiger partial charge in [-0.1, -0.05) is 152 Å². The van der Waals surface area contributed by atoms with Gasteiger partial charge in [0.1, 0.15) is 11.2 Å². The monoisotopic (exact) mass is 818 g/mol. The van der Waals surface area contributed by atoms with Crippen LogP contribution in [0.25, 0.3) is 116 Å². The van der Waals surface area contributed by atoms with E-state index < -0.39 is 0 Å². The summed E-state index contributed by atoms with van der Waals surface area (Å²) in [6.07, 6.45) is 8.00. The molecule has 0 spiro atoms. The first-order valence-corrected chi connectivity index (χ1v) is 21.9. The lowest BCUT2D eigenvalue weighted by Crippen LogP contribution is -1.97. The smallest absolute Gasteiger partial charge is 0.143 e. The summed E-state index contributed by atoms with van der Waals surface area (Å²) >= 11 is 0. The maximum absolute atomic E-state index is 6.59. The second-order valence-electron chi connectivity index (χ2n) is 16.6. The third-order valence-corrected chi connectivity index (χ3v) is 12.8. The van der Waals surface area contributed by atoms with E-state index in [1.807, 2.05) is 18.2 Å². The second kappa shape index (κ2) is 15.2. The molecule has 0 bridgehead atoms. The second-order valence-corrected chi connectivity index (χ2v) is 16.6. The van der Waals surface area contributed by atoms with Crippen LogP contribution in [-0.4, -0.2) is 9.13 Å². The van der Waals surface area contributed by atoms with Gasteiger partial charge in [0.2, 0.25) is 0 Å². The standard InChI is InChI=1S/C61H42N2O/c1-3-4-7-17-40(2)45-34-46(41-18-8-5-9-19-41)36-48(35-45)63-58-32-29-43(42-28-31-57-53(37-42)50-22-12-14-26-56(50)62(57)47-20-10-6-11-21-47)38-54(58)55-39-44(30-33-59(55)63)49-24-16-25-52-51-23-13-15-27-60(51)64-61(49)52/h3-39H,1H2,2H3/b7-4-,40-17+. The van der Waals surface area contributed by atoms with Crippen molar-refractivity contribution in [1.29, 1.82) is 0 Å². The lowest BCUT2D eigenvalue weighted by molar-refractivity contribution is 0.670. The highest BCUT2D eigenvalue weighted by molar-refractivity contribution is 6.15. The van der Waals surface area contributed by atoms with E-state index in [1.165, 1.54) is 54.8 Å². The van der Waals surface area contributed by atoms with Crippen molar-refractivity contribution in [1.82, 2.24) is 9.13 Å². The molecule has 0 amide bonds. The van der Waals surface area contributed by atoms with Gasteiger partial charge in [-0.3, -0.25) is 0 Å². The van der Waals surface area contributed by atoms with Gasteiger partial charge in [0.05, 0.1) is 22.1 Å². The van der Waals surface area contributed by atoms with Crippen molar-refractivity contribution >= 4 is 71.1 Å². The highest BCUT2D eigenvalue weighted by Crippen LogP contribution is 2.42. The number of nitrogens with zero attached hydrogens (tertiary/aromatic N) is 2. The quantitative estimate of drug-likeness (QED) is 0.140. The van der Waals surface area contributed by atoms with Crippen LogP contribution in [0, 0.1) is 0 Å². The third-order valence-electron chi connectivity index (χ3n) is 12.8. The number of para-hydroxylation sites is 4. The molecule has 64 heavy (non-hydrogen) atoms. The summed E-state index contributed by atoms with van der Waals surface area (Å²) in [6.45, 7) is 6.06. The van der Waals surface area contributed by atoms with Crippen molar-refractivity contribution in [2.45, 2.75) is 6.92 Å². The molecule has 0 saturated carbocycles. The molecule has 0 N–H and O–H groups in total. The van der Waals surface area contributed by atoms with Crippen molar-refractivity contribution < 1.29 is 4.42 Å². The number of aromatic nitrogens is 2. The first-order valence-electron chi connectivity index (χ1n) is 21.9. The molecule has 9 aromatic carbocycles. The van der Waals surface area contributed by atoms with Gasteiger partial charge in [-0.25, -0.2) is 0 Å². The van der Waals surface area contributed by atoms with Crippen molar-refractivity contribution in [3.8, 4) is 44.8 Å². The largest absolute Gasteiger partial charge is 0.455 e. The van der Waals surface area contributed by atoms with Crippen LogP contribution >= 0.6 is 0 Å². The van der Waals surface area contributed by atoms with E-state index in [9.17, 15) is 0 Å². The first-order chi connectivity index (χ1) is 31.6. The fourth-order valence-electron chi connectivity index (χ4n) is 9.77. The average Bonchev–Trinajstić information content (AvgIpc) is 4.01. The Morgan fingerprint density at radius 1 is 0.422 bits per heavy atom. The Morgan fingerprint density at radius 3 is 1.73 bits per heavy atom. The van der Waals surface area contributed by atoms with Crippen LogP contribution in [0.3, 0.4) is 0 Å². The zero-order valence-corrected chi connectivity index (χ0v) is 35.4. The summed E-state index contributed by atoms with van der Waals surface area (Å²) < 4.78 is 11.4. The van der Waals surface area contributed by atoms with Gasteiger partial charge in [-0.15, -0.1) is 0 Å².